The number of azo groups is 1. The van der Waals surface area contributed by atoms with Crippen molar-refractivity contribution in [3.8, 4) is 5.75 Å². The van der Waals surface area contributed by atoms with Gasteiger partial charge in [-0.25, -0.2) is 8.78 Å². The Bertz CT molecular complexity index is 2600. The molecule has 1 N–H and O–H groups in total. The molecule has 61 heavy (non-hydrogen) atoms. The molecule has 10 nitrogen and oxygen atoms in total. The third-order valence-corrected chi connectivity index (χ3v) is 11.5. The molecular formula is C48H45ClF2N6O4. The van der Waals surface area contributed by atoms with Gasteiger partial charge < -0.3 is 14.4 Å². The van der Waals surface area contributed by atoms with E-state index in [4.69, 9.17) is 21.1 Å². The molecule has 1 aromatic heterocycles. The molecular weight excluding hydrogens is 798 g/mol. The maximum atomic E-state index is 15.3. The summed E-state index contributed by atoms with van der Waals surface area (Å²) in [6.07, 6.45) is 3.47. The van der Waals surface area contributed by atoms with Crippen LogP contribution in [-0.2, 0) is 11.2 Å². The largest absolute Gasteiger partial charge is 0.494 e. The van der Waals surface area contributed by atoms with Crippen molar-refractivity contribution < 1.29 is 27.8 Å². The van der Waals surface area contributed by atoms with E-state index in [9.17, 15) is 14.0 Å². The van der Waals surface area contributed by atoms with Gasteiger partial charge in [0.15, 0.2) is 0 Å². The summed E-state index contributed by atoms with van der Waals surface area (Å²) in [5, 5.41) is 16.5. The molecule has 0 bridgehead atoms. The Morgan fingerprint density at radius 1 is 0.852 bits per heavy atom. The Hall–Kier alpha value is -6.08. The second-order valence-electron chi connectivity index (χ2n) is 15.1. The number of rotatable bonds is 15. The lowest BCUT2D eigenvalue weighted by molar-refractivity contribution is 0.0535. The zero-order valence-electron chi connectivity index (χ0n) is 33.8. The number of hydrogen-bond donors (Lipinski definition) is 1. The van der Waals surface area contributed by atoms with E-state index in [1.165, 1.54) is 12.1 Å². The maximum absolute atomic E-state index is 15.3. The molecule has 0 saturated carbocycles. The second kappa shape index (κ2) is 19.1. The number of aromatic amines is 1. The van der Waals surface area contributed by atoms with Crippen LogP contribution in [0.4, 0.5) is 8.78 Å². The highest BCUT2D eigenvalue weighted by atomic mass is 35.5. The smallest absolute Gasteiger partial charge is 0.295 e. The standard InChI is InChI=1S/C48H45ClF2N6O4/c1-2-37(38-15-12-35(49)29-43(38)51)46(33-11-17-44-34(28-33)30-52-53-44)32-9-13-36(14-10-32)61-24-5-23-60-25-22-56-18-20-57(21-19-56)48(59)41-26-31(8-16-42(41)50)27-45-39-6-3-4-7-40(39)47(58)55-54-45/h3-4,6-17,26,28-30,45H,2,5,18-25,27H2,1H3,(H,52,53)/b46-37+. The van der Waals surface area contributed by atoms with Crippen LogP contribution in [0.5, 0.6) is 5.75 Å². The lowest BCUT2D eigenvalue weighted by Gasteiger charge is -2.34. The fraction of sp³-hybridized carbons (Fsp3) is 0.271. The number of carbonyl (C=O) groups excluding carboxylic acids is 2. The lowest BCUT2D eigenvalue weighted by Crippen LogP contribution is -2.49. The Morgan fingerprint density at radius 3 is 2.46 bits per heavy atom. The van der Waals surface area contributed by atoms with Gasteiger partial charge >= 0.3 is 0 Å². The van der Waals surface area contributed by atoms with Crippen molar-refractivity contribution in [3.05, 3.63) is 165 Å². The number of ether oxygens (including phenoxy) is 2. The van der Waals surface area contributed by atoms with Gasteiger partial charge in [-0.15, -0.1) is 5.11 Å². The first kappa shape index (κ1) is 41.6. The molecule has 8 rings (SSSR count). The number of nitrogens with zero attached hydrogens (tertiary/aromatic N) is 5. The molecule has 0 radical (unpaired) electrons. The Kier molecular flexibility index (Phi) is 13.0. The normalized spacial score (nSPS) is 15.8. The number of H-pyrrole nitrogens is 1. The van der Waals surface area contributed by atoms with Gasteiger partial charge in [0.25, 0.3) is 11.8 Å². The van der Waals surface area contributed by atoms with Crippen LogP contribution in [0.1, 0.15) is 74.3 Å². The minimum Gasteiger partial charge on any atom is -0.494 e. The van der Waals surface area contributed by atoms with Crippen LogP contribution in [-0.4, -0.2) is 84.4 Å². The number of amides is 2. The monoisotopic (exact) mass is 842 g/mol. The lowest BCUT2D eigenvalue weighted by atomic mass is 9.87. The van der Waals surface area contributed by atoms with E-state index in [0.717, 1.165) is 56.6 Å². The summed E-state index contributed by atoms with van der Waals surface area (Å²) in [4.78, 5) is 29.5. The maximum Gasteiger partial charge on any atom is 0.295 e. The van der Waals surface area contributed by atoms with E-state index < -0.39 is 5.82 Å². The zero-order valence-corrected chi connectivity index (χ0v) is 34.5. The third-order valence-electron chi connectivity index (χ3n) is 11.2. The van der Waals surface area contributed by atoms with Gasteiger partial charge in [-0.05, 0) is 94.4 Å². The van der Waals surface area contributed by atoms with Crippen molar-refractivity contribution in [1.82, 2.24) is 20.0 Å². The van der Waals surface area contributed by atoms with Gasteiger partial charge in [0.2, 0.25) is 0 Å². The average molecular weight is 843 g/mol. The topological polar surface area (TPSA) is 112 Å². The molecule has 0 spiro atoms. The van der Waals surface area contributed by atoms with Crippen LogP contribution in [0.2, 0.25) is 5.02 Å². The van der Waals surface area contributed by atoms with E-state index in [1.54, 1.807) is 47.5 Å². The molecule has 3 heterocycles. The molecule has 2 aliphatic heterocycles. The quantitative estimate of drug-likeness (QED) is 0.0814. The molecule has 2 amide bonds. The SMILES string of the molecule is CC/C(=C(/c1ccc(OCCCOCCN2CCN(C(=O)c3cc(CC4N=NC(=O)c5ccccc54)ccc3F)CC2)cc1)c1ccc2[nH]ncc2c1)c1ccc(Cl)cc1F. The number of carbonyl (C=O) groups is 2. The van der Waals surface area contributed by atoms with Crippen LogP contribution in [0.25, 0.3) is 22.0 Å². The molecule has 1 saturated heterocycles. The van der Waals surface area contributed by atoms with Crippen molar-refractivity contribution in [2.24, 2.45) is 10.2 Å². The Balaban J connectivity index is 0.790. The zero-order chi connectivity index (χ0) is 42.3. The minimum atomic E-state index is -0.564. The summed E-state index contributed by atoms with van der Waals surface area (Å²) >= 11 is 6.11. The summed E-state index contributed by atoms with van der Waals surface area (Å²) in [5.74, 6) is -0.921. The number of benzene rings is 5. The first-order chi connectivity index (χ1) is 29.7. The first-order valence-electron chi connectivity index (χ1n) is 20.5. The molecule has 6 aromatic rings. The molecule has 0 aliphatic carbocycles. The summed E-state index contributed by atoms with van der Waals surface area (Å²) in [6, 6.07) is 30.1. The van der Waals surface area contributed by atoms with Gasteiger partial charge in [0.1, 0.15) is 23.4 Å². The number of piperazine rings is 1. The van der Waals surface area contributed by atoms with E-state index in [1.807, 2.05) is 55.5 Å². The number of allylic oxidation sites excluding steroid dienone is 1. The molecule has 2 aliphatic rings. The van der Waals surface area contributed by atoms with E-state index >= 15 is 4.39 Å². The average Bonchev–Trinajstić information content (AvgIpc) is 3.76. The van der Waals surface area contributed by atoms with Gasteiger partial charge in [-0.3, -0.25) is 19.6 Å². The summed E-state index contributed by atoms with van der Waals surface area (Å²) < 4.78 is 42.2. The highest BCUT2D eigenvalue weighted by Gasteiger charge is 2.27. The fourth-order valence-corrected chi connectivity index (χ4v) is 8.18. The van der Waals surface area contributed by atoms with Gasteiger partial charge in [-0.1, -0.05) is 67.1 Å². The summed E-state index contributed by atoms with van der Waals surface area (Å²) in [7, 11) is 0. The van der Waals surface area contributed by atoms with Crippen LogP contribution in [0, 0.1) is 11.6 Å². The van der Waals surface area contributed by atoms with Crippen LogP contribution in [0.15, 0.2) is 120 Å². The van der Waals surface area contributed by atoms with Crippen molar-refractivity contribution >= 4 is 45.5 Å². The second-order valence-corrected chi connectivity index (χ2v) is 15.6. The predicted octanol–water partition coefficient (Wildman–Crippen LogP) is 10.00. The van der Waals surface area contributed by atoms with Crippen molar-refractivity contribution in [1.29, 1.82) is 0 Å². The number of fused-ring (bicyclic) bond motifs is 2. The number of hydrogen-bond acceptors (Lipinski definition) is 7. The van der Waals surface area contributed by atoms with E-state index in [2.05, 4.69) is 31.4 Å². The van der Waals surface area contributed by atoms with Crippen molar-refractivity contribution in [3.63, 3.8) is 0 Å². The highest BCUT2D eigenvalue weighted by Crippen LogP contribution is 2.38. The Morgan fingerprint density at radius 2 is 1.66 bits per heavy atom. The molecule has 1 fully saturated rings. The summed E-state index contributed by atoms with van der Waals surface area (Å²) in [5.41, 5.74) is 7.16. The third kappa shape index (κ3) is 9.62. The van der Waals surface area contributed by atoms with E-state index in [-0.39, 0.29) is 29.2 Å². The van der Waals surface area contributed by atoms with Gasteiger partial charge in [0.05, 0.1) is 30.5 Å². The molecule has 1 atom stereocenters. The predicted molar refractivity (Wildman–Crippen MR) is 232 cm³/mol. The van der Waals surface area contributed by atoms with Gasteiger partial charge in [-0.2, -0.15) is 10.2 Å². The fourth-order valence-electron chi connectivity index (χ4n) is 8.02. The number of nitrogens with one attached hydrogen (secondary N) is 1. The Labute approximate surface area is 357 Å². The van der Waals surface area contributed by atoms with Crippen LogP contribution < -0.4 is 4.74 Å². The number of aromatic nitrogens is 2. The van der Waals surface area contributed by atoms with Crippen LogP contribution in [0.3, 0.4) is 0 Å². The first-order valence-corrected chi connectivity index (χ1v) is 20.9. The molecule has 312 valence electrons. The molecule has 13 heteroatoms. The van der Waals surface area contributed by atoms with Crippen LogP contribution >= 0.6 is 11.6 Å². The van der Waals surface area contributed by atoms with Crippen molar-refractivity contribution in [2.75, 3.05) is 52.5 Å². The highest BCUT2D eigenvalue weighted by molar-refractivity contribution is 6.30. The minimum absolute atomic E-state index is 0.0335. The number of halogens is 3. The van der Waals surface area contributed by atoms with E-state index in [0.29, 0.717) is 81.4 Å². The summed E-state index contributed by atoms with van der Waals surface area (Å²) in [6.45, 7) is 6.58. The molecule has 1 unspecified atom stereocenters. The van der Waals surface area contributed by atoms with Crippen molar-refractivity contribution in [2.45, 2.75) is 32.2 Å². The molecule has 5 aromatic carbocycles. The van der Waals surface area contributed by atoms with Gasteiger partial charge in [0, 0.05) is 73.7 Å².